The first-order valence-corrected chi connectivity index (χ1v) is 5.35. The minimum atomic E-state index is 0.000988. The van der Waals surface area contributed by atoms with Crippen molar-refractivity contribution >= 4 is 17.5 Å². The van der Waals surface area contributed by atoms with Crippen molar-refractivity contribution in [3.63, 3.8) is 0 Å². The van der Waals surface area contributed by atoms with Gasteiger partial charge in [0.05, 0.1) is 11.3 Å². The predicted octanol–water partition coefficient (Wildman–Crippen LogP) is 2.31. The fourth-order valence-corrected chi connectivity index (χ4v) is 1.69. The van der Waals surface area contributed by atoms with Gasteiger partial charge in [0.15, 0.2) is 0 Å². The second kappa shape index (κ2) is 3.81. The van der Waals surface area contributed by atoms with Crippen LogP contribution in [0.2, 0.25) is 5.15 Å². The van der Waals surface area contributed by atoms with Crippen LogP contribution in [0.1, 0.15) is 34.8 Å². The topological polar surface area (TPSA) is 33.2 Å². The molecule has 1 aliphatic rings. The molecule has 4 heteroatoms. The van der Waals surface area contributed by atoms with Crippen molar-refractivity contribution in [2.45, 2.75) is 18.8 Å². The van der Waals surface area contributed by atoms with E-state index in [9.17, 15) is 4.79 Å². The number of halogens is 1. The normalized spacial score (nSPS) is 15.1. The van der Waals surface area contributed by atoms with Crippen molar-refractivity contribution in [2.75, 3.05) is 14.1 Å². The van der Waals surface area contributed by atoms with Gasteiger partial charge >= 0.3 is 0 Å². The molecule has 0 aliphatic heterocycles. The van der Waals surface area contributed by atoms with E-state index in [0.29, 0.717) is 16.6 Å². The maximum atomic E-state index is 11.9. The summed E-state index contributed by atoms with van der Waals surface area (Å²) in [6, 6.07) is 3.44. The number of nitrogens with zero attached hydrogens (tertiary/aromatic N) is 2. The molecule has 1 aromatic heterocycles. The van der Waals surface area contributed by atoms with Gasteiger partial charge in [0.25, 0.3) is 5.91 Å². The Morgan fingerprint density at radius 2 is 2.13 bits per heavy atom. The van der Waals surface area contributed by atoms with E-state index in [1.165, 1.54) is 0 Å². The molecule has 1 fully saturated rings. The largest absolute Gasteiger partial charge is 0.345 e. The Morgan fingerprint density at radius 1 is 1.47 bits per heavy atom. The van der Waals surface area contributed by atoms with E-state index >= 15 is 0 Å². The number of hydrogen-bond acceptors (Lipinski definition) is 2. The Morgan fingerprint density at radius 3 is 2.67 bits per heavy atom. The van der Waals surface area contributed by atoms with E-state index in [-0.39, 0.29) is 5.91 Å². The summed E-state index contributed by atoms with van der Waals surface area (Å²) in [6.45, 7) is 0. The third-order valence-electron chi connectivity index (χ3n) is 2.49. The number of carbonyl (C=O) groups is 1. The SMILES string of the molecule is CN(C)C(=O)c1ccc(Cl)nc1C1CC1. The standard InChI is InChI=1S/C11H13ClN2O/c1-14(2)11(15)8-5-6-9(12)13-10(8)7-3-4-7/h5-7H,3-4H2,1-2H3. The Bertz CT molecular complexity index is 400. The molecule has 2 rings (SSSR count). The molecule has 3 nitrogen and oxygen atoms in total. The van der Waals surface area contributed by atoms with Gasteiger partial charge in [-0.25, -0.2) is 4.98 Å². The smallest absolute Gasteiger partial charge is 0.255 e. The van der Waals surface area contributed by atoms with Crippen molar-refractivity contribution in [1.82, 2.24) is 9.88 Å². The van der Waals surface area contributed by atoms with E-state index in [0.717, 1.165) is 18.5 Å². The molecule has 0 unspecified atom stereocenters. The first-order chi connectivity index (χ1) is 7.09. The molecule has 1 amide bonds. The van der Waals surface area contributed by atoms with Crippen LogP contribution in [0, 0.1) is 0 Å². The summed E-state index contributed by atoms with van der Waals surface area (Å²) in [5.41, 5.74) is 1.55. The van der Waals surface area contributed by atoms with Gasteiger partial charge in [0.1, 0.15) is 5.15 Å². The quantitative estimate of drug-likeness (QED) is 0.723. The summed E-state index contributed by atoms with van der Waals surface area (Å²) in [7, 11) is 3.49. The number of aromatic nitrogens is 1. The molecule has 80 valence electrons. The molecular formula is C11H13ClN2O. The van der Waals surface area contributed by atoms with Gasteiger partial charge in [0, 0.05) is 20.0 Å². The van der Waals surface area contributed by atoms with Crippen LogP contribution < -0.4 is 0 Å². The number of rotatable bonds is 2. The summed E-state index contributed by atoms with van der Waals surface area (Å²) < 4.78 is 0. The van der Waals surface area contributed by atoms with Crippen LogP contribution in [0.25, 0.3) is 0 Å². The van der Waals surface area contributed by atoms with Crippen LogP contribution in [0.5, 0.6) is 0 Å². The summed E-state index contributed by atoms with van der Waals surface area (Å²) in [5, 5.41) is 0.465. The summed E-state index contributed by atoms with van der Waals surface area (Å²) >= 11 is 5.84. The summed E-state index contributed by atoms with van der Waals surface area (Å²) in [5.74, 6) is 0.434. The number of carbonyl (C=O) groups excluding carboxylic acids is 1. The van der Waals surface area contributed by atoms with Gasteiger partial charge in [-0.15, -0.1) is 0 Å². The lowest BCUT2D eigenvalue weighted by atomic mass is 10.1. The monoisotopic (exact) mass is 224 g/mol. The van der Waals surface area contributed by atoms with E-state index in [2.05, 4.69) is 4.98 Å². The lowest BCUT2D eigenvalue weighted by Crippen LogP contribution is -2.23. The lowest BCUT2D eigenvalue weighted by molar-refractivity contribution is 0.0826. The van der Waals surface area contributed by atoms with Crippen molar-refractivity contribution in [1.29, 1.82) is 0 Å². The average molecular weight is 225 g/mol. The zero-order valence-corrected chi connectivity index (χ0v) is 9.58. The minimum Gasteiger partial charge on any atom is -0.345 e. The van der Waals surface area contributed by atoms with Gasteiger partial charge in [0.2, 0.25) is 0 Å². The molecule has 0 saturated heterocycles. The van der Waals surface area contributed by atoms with Crippen LogP contribution in [-0.4, -0.2) is 29.9 Å². The molecule has 0 N–H and O–H groups in total. The lowest BCUT2D eigenvalue weighted by Gasteiger charge is -2.13. The summed E-state index contributed by atoms with van der Waals surface area (Å²) in [4.78, 5) is 17.7. The first-order valence-electron chi connectivity index (χ1n) is 4.97. The van der Waals surface area contributed by atoms with E-state index in [4.69, 9.17) is 11.6 Å². The van der Waals surface area contributed by atoms with Gasteiger partial charge in [-0.2, -0.15) is 0 Å². The molecule has 1 heterocycles. The third-order valence-corrected chi connectivity index (χ3v) is 2.70. The third kappa shape index (κ3) is 2.12. The van der Waals surface area contributed by atoms with Gasteiger partial charge in [-0.1, -0.05) is 11.6 Å². The zero-order valence-electron chi connectivity index (χ0n) is 8.83. The number of amides is 1. The highest BCUT2D eigenvalue weighted by atomic mass is 35.5. The molecule has 0 atom stereocenters. The molecule has 1 aromatic rings. The van der Waals surface area contributed by atoms with Crippen LogP contribution in [0.15, 0.2) is 12.1 Å². The molecule has 0 bridgehead atoms. The highest BCUT2D eigenvalue weighted by molar-refractivity contribution is 6.29. The Labute approximate surface area is 94.1 Å². The molecule has 0 spiro atoms. The highest BCUT2D eigenvalue weighted by Crippen LogP contribution is 2.41. The summed E-state index contributed by atoms with van der Waals surface area (Å²) in [6.07, 6.45) is 2.22. The first kappa shape index (κ1) is 10.4. The van der Waals surface area contributed by atoms with Gasteiger partial charge in [-0.3, -0.25) is 4.79 Å². The van der Waals surface area contributed by atoms with Gasteiger partial charge < -0.3 is 4.90 Å². The fourth-order valence-electron chi connectivity index (χ4n) is 1.54. The second-order valence-corrected chi connectivity index (χ2v) is 4.43. The van der Waals surface area contributed by atoms with E-state index in [1.54, 1.807) is 31.1 Å². The molecule has 1 aliphatic carbocycles. The minimum absolute atomic E-state index is 0.000988. The van der Waals surface area contributed by atoms with Crippen molar-refractivity contribution in [3.8, 4) is 0 Å². The molecule has 0 radical (unpaired) electrons. The van der Waals surface area contributed by atoms with Gasteiger partial charge in [-0.05, 0) is 25.0 Å². The van der Waals surface area contributed by atoms with Crippen LogP contribution in [-0.2, 0) is 0 Å². The van der Waals surface area contributed by atoms with E-state index < -0.39 is 0 Å². The van der Waals surface area contributed by atoms with Crippen molar-refractivity contribution in [3.05, 3.63) is 28.5 Å². The fraction of sp³-hybridized carbons (Fsp3) is 0.455. The van der Waals surface area contributed by atoms with E-state index in [1.807, 2.05) is 0 Å². The highest BCUT2D eigenvalue weighted by Gasteiger charge is 2.30. The Hall–Kier alpha value is -1.09. The predicted molar refractivity (Wildman–Crippen MR) is 59.2 cm³/mol. The van der Waals surface area contributed by atoms with Crippen LogP contribution >= 0.6 is 11.6 Å². The number of pyridine rings is 1. The zero-order chi connectivity index (χ0) is 11.0. The van der Waals surface area contributed by atoms with Crippen LogP contribution in [0.4, 0.5) is 0 Å². The Kier molecular flexibility index (Phi) is 2.65. The maximum absolute atomic E-state index is 11.9. The maximum Gasteiger partial charge on any atom is 0.255 e. The number of hydrogen-bond donors (Lipinski definition) is 0. The molecular weight excluding hydrogens is 212 g/mol. The molecule has 0 aromatic carbocycles. The second-order valence-electron chi connectivity index (χ2n) is 4.04. The average Bonchev–Trinajstić information content (AvgIpc) is 2.99. The van der Waals surface area contributed by atoms with Crippen molar-refractivity contribution in [2.24, 2.45) is 0 Å². The van der Waals surface area contributed by atoms with Crippen molar-refractivity contribution < 1.29 is 4.79 Å². The Balaban J connectivity index is 2.41. The van der Waals surface area contributed by atoms with Crippen LogP contribution in [0.3, 0.4) is 0 Å². The molecule has 15 heavy (non-hydrogen) atoms. The molecule has 1 saturated carbocycles.